The Balaban J connectivity index is 2.20. The Bertz CT molecular complexity index is 589. The van der Waals surface area contributed by atoms with E-state index in [4.69, 9.17) is 10.5 Å². The van der Waals surface area contributed by atoms with Crippen molar-refractivity contribution >= 4 is 23.3 Å². The highest BCUT2D eigenvalue weighted by molar-refractivity contribution is 5.99. The number of anilines is 2. The highest BCUT2D eigenvalue weighted by Crippen LogP contribution is 2.33. The van der Waals surface area contributed by atoms with E-state index in [0.29, 0.717) is 24.4 Å². The summed E-state index contributed by atoms with van der Waals surface area (Å²) < 4.78 is 5.03. The first-order chi connectivity index (χ1) is 11.6. The van der Waals surface area contributed by atoms with Crippen molar-refractivity contribution in [2.75, 3.05) is 30.3 Å². The minimum absolute atomic E-state index is 0.0249. The van der Waals surface area contributed by atoms with Crippen LogP contribution in [0.25, 0.3) is 0 Å². The first kappa shape index (κ1) is 18.3. The van der Waals surface area contributed by atoms with E-state index < -0.39 is 5.97 Å². The Morgan fingerprint density at radius 2 is 2.04 bits per heavy atom. The van der Waals surface area contributed by atoms with Crippen LogP contribution in [-0.4, -0.2) is 31.6 Å². The van der Waals surface area contributed by atoms with Crippen LogP contribution in [0, 0.1) is 11.8 Å². The number of rotatable bonds is 7. The van der Waals surface area contributed by atoms with Crippen LogP contribution in [0.5, 0.6) is 0 Å². The van der Waals surface area contributed by atoms with E-state index >= 15 is 0 Å². The molecule has 1 aromatic carbocycles. The number of nitrogens with one attached hydrogen (secondary N) is 2. The molecule has 0 spiro atoms. The quantitative estimate of drug-likeness (QED) is 0.667. The summed E-state index contributed by atoms with van der Waals surface area (Å²) >= 11 is 0. The molecule has 0 saturated heterocycles. The summed E-state index contributed by atoms with van der Waals surface area (Å²) in [5, 5.41) is 6.18. The second-order valence-corrected chi connectivity index (χ2v) is 6.03. The minimum atomic E-state index is -0.392. The fourth-order valence-electron chi connectivity index (χ4n) is 3.22. The van der Waals surface area contributed by atoms with Crippen molar-refractivity contribution < 1.29 is 14.3 Å². The van der Waals surface area contributed by atoms with Gasteiger partial charge in [-0.1, -0.05) is 6.42 Å². The van der Waals surface area contributed by atoms with Gasteiger partial charge in [-0.15, -0.1) is 0 Å². The lowest BCUT2D eigenvalue weighted by Gasteiger charge is -2.19. The highest BCUT2D eigenvalue weighted by atomic mass is 16.5. The zero-order valence-corrected chi connectivity index (χ0v) is 14.4. The molecule has 1 fully saturated rings. The second kappa shape index (κ2) is 8.68. The van der Waals surface area contributed by atoms with Crippen molar-refractivity contribution in [3.63, 3.8) is 0 Å². The molecule has 1 amide bonds. The standard InChI is InChI=1S/C18H27N3O3/c1-3-20-15-9-8-12(18(23)24-4-2)10-16(15)21-17(22)14-7-5-6-13(14)11-19/h8-10,13-14,20H,3-7,11,19H2,1-2H3,(H,21,22)/t13-,14-/m1/s1. The molecule has 0 unspecified atom stereocenters. The normalized spacial score (nSPS) is 19.8. The minimum Gasteiger partial charge on any atom is -0.462 e. The van der Waals surface area contributed by atoms with Crippen LogP contribution in [-0.2, 0) is 9.53 Å². The van der Waals surface area contributed by atoms with Crippen molar-refractivity contribution in [2.24, 2.45) is 17.6 Å². The van der Waals surface area contributed by atoms with Gasteiger partial charge in [0.15, 0.2) is 0 Å². The van der Waals surface area contributed by atoms with Crippen LogP contribution in [0.15, 0.2) is 18.2 Å². The van der Waals surface area contributed by atoms with Gasteiger partial charge in [-0.3, -0.25) is 4.79 Å². The number of esters is 1. The molecular weight excluding hydrogens is 306 g/mol. The fourth-order valence-corrected chi connectivity index (χ4v) is 3.22. The van der Waals surface area contributed by atoms with Gasteiger partial charge in [-0.05, 0) is 57.4 Å². The molecule has 4 N–H and O–H groups in total. The van der Waals surface area contributed by atoms with E-state index in [2.05, 4.69) is 10.6 Å². The Morgan fingerprint density at radius 1 is 1.25 bits per heavy atom. The molecule has 2 rings (SSSR count). The fraction of sp³-hybridized carbons (Fsp3) is 0.556. The monoisotopic (exact) mass is 333 g/mol. The molecule has 1 aromatic rings. The van der Waals surface area contributed by atoms with Gasteiger partial charge >= 0.3 is 5.97 Å². The van der Waals surface area contributed by atoms with Crippen LogP contribution >= 0.6 is 0 Å². The number of amides is 1. The van der Waals surface area contributed by atoms with Gasteiger partial charge in [0.05, 0.1) is 23.5 Å². The molecule has 0 bridgehead atoms. The number of hydrogen-bond donors (Lipinski definition) is 3. The first-order valence-electron chi connectivity index (χ1n) is 8.66. The number of nitrogens with two attached hydrogens (primary N) is 1. The zero-order valence-electron chi connectivity index (χ0n) is 14.4. The van der Waals surface area contributed by atoms with E-state index in [1.165, 1.54) is 0 Å². The molecule has 24 heavy (non-hydrogen) atoms. The van der Waals surface area contributed by atoms with E-state index in [0.717, 1.165) is 31.5 Å². The molecule has 0 heterocycles. The molecule has 132 valence electrons. The third-order valence-electron chi connectivity index (χ3n) is 4.45. The van der Waals surface area contributed by atoms with Gasteiger partial charge in [0.1, 0.15) is 0 Å². The SMILES string of the molecule is CCNc1ccc(C(=O)OCC)cc1NC(=O)[C@@H]1CCC[C@@H]1CN. The van der Waals surface area contributed by atoms with E-state index in [1.807, 2.05) is 6.92 Å². The average Bonchev–Trinajstić information content (AvgIpc) is 3.05. The summed E-state index contributed by atoms with van der Waals surface area (Å²) in [6.07, 6.45) is 2.89. The van der Waals surface area contributed by atoms with Gasteiger partial charge in [-0.2, -0.15) is 0 Å². The Morgan fingerprint density at radius 3 is 2.71 bits per heavy atom. The molecule has 0 aromatic heterocycles. The molecule has 0 radical (unpaired) electrons. The topological polar surface area (TPSA) is 93.5 Å². The number of hydrogen-bond acceptors (Lipinski definition) is 5. The molecule has 2 atom stereocenters. The van der Waals surface area contributed by atoms with Gasteiger partial charge < -0.3 is 21.1 Å². The smallest absolute Gasteiger partial charge is 0.338 e. The third-order valence-corrected chi connectivity index (χ3v) is 4.45. The van der Waals surface area contributed by atoms with E-state index in [9.17, 15) is 9.59 Å². The number of benzene rings is 1. The predicted molar refractivity (Wildman–Crippen MR) is 95.1 cm³/mol. The summed E-state index contributed by atoms with van der Waals surface area (Å²) in [6, 6.07) is 5.16. The summed E-state index contributed by atoms with van der Waals surface area (Å²) in [4.78, 5) is 24.6. The van der Waals surface area contributed by atoms with E-state index in [1.54, 1.807) is 25.1 Å². The molecule has 6 heteroatoms. The van der Waals surface area contributed by atoms with Crippen LogP contribution in [0.1, 0.15) is 43.5 Å². The molecule has 1 aliphatic carbocycles. The molecule has 0 aliphatic heterocycles. The Labute approximate surface area is 143 Å². The second-order valence-electron chi connectivity index (χ2n) is 6.03. The summed E-state index contributed by atoms with van der Waals surface area (Å²) in [6.45, 7) is 5.31. The largest absolute Gasteiger partial charge is 0.462 e. The predicted octanol–water partition coefficient (Wildman–Crippen LogP) is 2.61. The molecule has 6 nitrogen and oxygen atoms in total. The van der Waals surface area contributed by atoms with Crippen molar-refractivity contribution in [1.29, 1.82) is 0 Å². The number of carbonyl (C=O) groups excluding carboxylic acids is 2. The van der Waals surface area contributed by atoms with Crippen molar-refractivity contribution in [2.45, 2.75) is 33.1 Å². The average molecular weight is 333 g/mol. The van der Waals surface area contributed by atoms with Crippen LogP contribution < -0.4 is 16.4 Å². The lowest BCUT2D eigenvalue weighted by atomic mass is 9.95. The van der Waals surface area contributed by atoms with Crippen molar-refractivity contribution in [1.82, 2.24) is 0 Å². The first-order valence-corrected chi connectivity index (χ1v) is 8.66. The number of carbonyl (C=O) groups is 2. The zero-order chi connectivity index (χ0) is 17.5. The van der Waals surface area contributed by atoms with Gasteiger partial charge in [0.2, 0.25) is 5.91 Å². The van der Waals surface area contributed by atoms with E-state index in [-0.39, 0.29) is 17.7 Å². The maximum Gasteiger partial charge on any atom is 0.338 e. The lowest BCUT2D eigenvalue weighted by Crippen LogP contribution is -2.30. The summed E-state index contributed by atoms with van der Waals surface area (Å²) in [5.74, 6) is -0.239. The third kappa shape index (κ3) is 4.26. The maximum atomic E-state index is 12.6. The molecule has 1 saturated carbocycles. The van der Waals surface area contributed by atoms with Gasteiger partial charge in [0, 0.05) is 12.5 Å². The highest BCUT2D eigenvalue weighted by Gasteiger charge is 2.32. The maximum absolute atomic E-state index is 12.6. The summed E-state index contributed by atoms with van der Waals surface area (Å²) in [5.41, 5.74) is 7.60. The Kier molecular flexibility index (Phi) is 6.61. The summed E-state index contributed by atoms with van der Waals surface area (Å²) in [7, 11) is 0. The lowest BCUT2D eigenvalue weighted by molar-refractivity contribution is -0.120. The van der Waals surface area contributed by atoms with Crippen LogP contribution in [0.3, 0.4) is 0 Å². The molecular formula is C18H27N3O3. The van der Waals surface area contributed by atoms with Crippen molar-refractivity contribution in [3.8, 4) is 0 Å². The van der Waals surface area contributed by atoms with Gasteiger partial charge in [-0.25, -0.2) is 4.79 Å². The Hall–Kier alpha value is -2.08. The van der Waals surface area contributed by atoms with Crippen LogP contribution in [0.2, 0.25) is 0 Å². The van der Waals surface area contributed by atoms with Crippen LogP contribution in [0.4, 0.5) is 11.4 Å². The van der Waals surface area contributed by atoms with Gasteiger partial charge in [0.25, 0.3) is 0 Å². The molecule has 1 aliphatic rings. The number of ether oxygens (including phenoxy) is 1. The van der Waals surface area contributed by atoms with Crippen molar-refractivity contribution in [3.05, 3.63) is 23.8 Å².